The van der Waals surface area contributed by atoms with Crippen LogP contribution in [0, 0.1) is 17.7 Å². The van der Waals surface area contributed by atoms with E-state index in [2.05, 4.69) is 13.8 Å². The Labute approximate surface area is 103 Å². The van der Waals surface area contributed by atoms with Crippen LogP contribution in [0.4, 0.5) is 4.39 Å². The normalized spacial score (nSPS) is 29.6. The smallest absolute Gasteiger partial charge is 0.128 e. The van der Waals surface area contributed by atoms with Gasteiger partial charge in [0, 0.05) is 11.1 Å². The molecule has 0 heterocycles. The quantitative estimate of drug-likeness (QED) is 0.828. The van der Waals surface area contributed by atoms with E-state index in [0.717, 1.165) is 19.3 Å². The van der Waals surface area contributed by atoms with Crippen molar-refractivity contribution in [2.45, 2.75) is 45.1 Å². The molecule has 17 heavy (non-hydrogen) atoms. The molecule has 2 heteroatoms. The van der Waals surface area contributed by atoms with Crippen molar-refractivity contribution in [3.63, 3.8) is 0 Å². The number of halogens is 1. The van der Waals surface area contributed by atoms with E-state index in [1.54, 1.807) is 6.07 Å². The minimum atomic E-state index is -0.460. The highest BCUT2D eigenvalue weighted by molar-refractivity contribution is 5.26. The number of hydrogen-bond acceptors (Lipinski definition) is 1. The molecule has 1 nitrogen and oxygen atoms in total. The van der Waals surface area contributed by atoms with E-state index in [4.69, 9.17) is 5.73 Å². The molecule has 1 aromatic carbocycles. The van der Waals surface area contributed by atoms with Gasteiger partial charge in [0.05, 0.1) is 0 Å². The monoisotopic (exact) mass is 235 g/mol. The van der Waals surface area contributed by atoms with Gasteiger partial charge in [0.1, 0.15) is 5.82 Å². The summed E-state index contributed by atoms with van der Waals surface area (Å²) in [7, 11) is 0. The van der Waals surface area contributed by atoms with E-state index < -0.39 is 5.54 Å². The highest BCUT2D eigenvalue weighted by atomic mass is 19.1. The second kappa shape index (κ2) is 4.77. The summed E-state index contributed by atoms with van der Waals surface area (Å²) in [5.74, 6) is 1.10. The van der Waals surface area contributed by atoms with Crippen LogP contribution >= 0.6 is 0 Å². The maximum absolute atomic E-state index is 13.9. The molecule has 0 radical (unpaired) electrons. The van der Waals surface area contributed by atoms with Gasteiger partial charge in [-0.25, -0.2) is 4.39 Å². The lowest BCUT2D eigenvalue weighted by molar-refractivity contribution is 0.180. The third-order valence-corrected chi connectivity index (χ3v) is 4.18. The van der Waals surface area contributed by atoms with Crippen LogP contribution in [0.25, 0.3) is 0 Å². The molecule has 1 aliphatic rings. The fourth-order valence-electron chi connectivity index (χ4n) is 3.03. The van der Waals surface area contributed by atoms with Crippen molar-refractivity contribution in [1.82, 2.24) is 0 Å². The first-order chi connectivity index (χ1) is 8.03. The van der Waals surface area contributed by atoms with E-state index in [9.17, 15) is 4.39 Å². The predicted octanol–water partition coefficient (Wildman–Crippen LogP) is 3.83. The van der Waals surface area contributed by atoms with E-state index in [0.29, 0.717) is 17.4 Å². The molecule has 0 bridgehead atoms. The molecule has 2 N–H and O–H groups in total. The topological polar surface area (TPSA) is 26.0 Å². The lowest BCUT2D eigenvalue weighted by Gasteiger charge is -2.40. The molecule has 0 amide bonds. The second-order valence-corrected chi connectivity index (χ2v) is 5.74. The first-order valence-corrected chi connectivity index (χ1v) is 6.57. The van der Waals surface area contributed by atoms with Gasteiger partial charge in [-0.2, -0.15) is 0 Å². The lowest BCUT2D eigenvalue weighted by atomic mass is 9.69. The van der Waals surface area contributed by atoms with Crippen LogP contribution in [0.15, 0.2) is 24.3 Å². The number of benzene rings is 1. The predicted molar refractivity (Wildman–Crippen MR) is 69.1 cm³/mol. The van der Waals surface area contributed by atoms with Crippen molar-refractivity contribution < 1.29 is 4.39 Å². The fraction of sp³-hybridized carbons (Fsp3) is 0.600. The first kappa shape index (κ1) is 12.6. The van der Waals surface area contributed by atoms with Crippen molar-refractivity contribution in [2.24, 2.45) is 17.6 Å². The summed E-state index contributed by atoms with van der Waals surface area (Å²) in [5, 5.41) is 0. The molecule has 1 saturated carbocycles. The second-order valence-electron chi connectivity index (χ2n) is 5.74. The van der Waals surface area contributed by atoms with Gasteiger partial charge in [-0.15, -0.1) is 0 Å². The average Bonchev–Trinajstić information content (AvgIpc) is 2.29. The molecule has 1 fully saturated rings. The highest BCUT2D eigenvalue weighted by Crippen LogP contribution is 2.41. The van der Waals surface area contributed by atoms with Crippen LogP contribution in [0.3, 0.4) is 0 Å². The van der Waals surface area contributed by atoms with Gasteiger partial charge < -0.3 is 5.73 Å². The van der Waals surface area contributed by atoms with Crippen LogP contribution in [-0.4, -0.2) is 0 Å². The van der Waals surface area contributed by atoms with Crippen LogP contribution in [-0.2, 0) is 5.54 Å². The van der Waals surface area contributed by atoms with Crippen molar-refractivity contribution in [3.8, 4) is 0 Å². The molecular formula is C15H22FN. The summed E-state index contributed by atoms with van der Waals surface area (Å²) in [4.78, 5) is 0. The maximum atomic E-state index is 13.9. The van der Waals surface area contributed by atoms with E-state index in [1.807, 2.05) is 12.1 Å². The molecule has 0 saturated heterocycles. The Balaban J connectivity index is 2.27. The Morgan fingerprint density at radius 2 is 2.06 bits per heavy atom. The van der Waals surface area contributed by atoms with Gasteiger partial charge >= 0.3 is 0 Å². The third-order valence-electron chi connectivity index (χ3n) is 4.18. The minimum Gasteiger partial charge on any atom is -0.321 e. The Morgan fingerprint density at radius 1 is 1.35 bits per heavy atom. The van der Waals surface area contributed by atoms with Gasteiger partial charge in [0.2, 0.25) is 0 Å². The summed E-state index contributed by atoms with van der Waals surface area (Å²) in [6, 6.07) is 6.97. The summed E-state index contributed by atoms with van der Waals surface area (Å²) in [6.07, 6.45) is 4.14. The van der Waals surface area contributed by atoms with E-state index >= 15 is 0 Å². The van der Waals surface area contributed by atoms with Crippen LogP contribution in [0.2, 0.25) is 0 Å². The Hall–Kier alpha value is -0.890. The first-order valence-electron chi connectivity index (χ1n) is 6.57. The molecule has 2 rings (SSSR count). The molecule has 0 spiro atoms. The van der Waals surface area contributed by atoms with Crippen molar-refractivity contribution >= 4 is 0 Å². The molecule has 2 unspecified atom stereocenters. The third kappa shape index (κ3) is 2.52. The minimum absolute atomic E-state index is 0.153. The molecule has 0 aromatic heterocycles. The van der Waals surface area contributed by atoms with Gasteiger partial charge in [0.15, 0.2) is 0 Å². The van der Waals surface area contributed by atoms with Gasteiger partial charge in [0.25, 0.3) is 0 Å². The van der Waals surface area contributed by atoms with Crippen LogP contribution < -0.4 is 5.73 Å². The number of hydrogen-bond donors (Lipinski definition) is 1. The Morgan fingerprint density at radius 3 is 2.71 bits per heavy atom. The van der Waals surface area contributed by atoms with E-state index in [-0.39, 0.29) is 5.82 Å². The standard InChI is InChI=1S/C15H22FN/c1-11(2)12-6-5-9-15(17,10-12)13-7-3-4-8-14(13)16/h3-4,7-8,11-12H,5-6,9-10,17H2,1-2H3. The SMILES string of the molecule is CC(C)C1CCCC(N)(c2ccccc2F)C1. The summed E-state index contributed by atoms with van der Waals surface area (Å²) >= 11 is 0. The summed E-state index contributed by atoms with van der Waals surface area (Å²) in [5.41, 5.74) is 6.71. The molecule has 94 valence electrons. The molecule has 1 aliphatic carbocycles. The van der Waals surface area contributed by atoms with E-state index in [1.165, 1.54) is 12.5 Å². The van der Waals surface area contributed by atoms with Gasteiger partial charge in [-0.3, -0.25) is 0 Å². The van der Waals surface area contributed by atoms with Crippen LogP contribution in [0.5, 0.6) is 0 Å². The zero-order valence-corrected chi connectivity index (χ0v) is 10.7. The maximum Gasteiger partial charge on any atom is 0.128 e. The fourth-order valence-corrected chi connectivity index (χ4v) is 3.03. The van der Waals surface area contributed by atoms with Gasteiger partial charge in [-0.05, 0) is 30.7 Å². The molecular weight excluding hydrogens is 213 g/mol. The van der Waals surface area contributed by atoms with Crippen molar-refractivity contribution in [2.75, 3.05) is 0 Å². The largest absolute Gasteiger partial charge is 0.321 e. The molecule has 2 atom stereocenters. The zero-order valence-electron chi connectivity index (χ0n) is 10.7. The number of nitrogens with two attached hydrogens (primary N) is 1. The van der Waals surface area contributed by atoms with Crippen LogP contribution in [0.1, 0.15) is 45.1 Å². The van der Waals surface area contributed by atoms with Crippen molar-refractivity contribution in [3.05, 3.63) is 35.6 Å². The molecule has 1 aromatic rings. The van der Waals surface area contributed by atoms with Gasteiger partial charge in [-0.1, -0.05) is 44.9 Å². The molecule has 0 aliphatic heterocycles. The highest BCUT2D eigenvalue weighted by Gasteiger charge is 2.36. The Kier molecular flexibility index (Phi) is 3.53. The lowest BCUT2D eigenvalue weighted by Crippen LogP contribution is -2.43. The summed E-state index contributed by atoms with van der Waals surface area (Å²) < 4.78 is 13.9. The zero-order chi connectivity index (χ0) is 12.5. The number of rotatable bonds is 2. The average molecular weight is 235 g/mol. The van der Waals surface area contributed by atoms with Crippen molar-refractivity contribution in [1.29, 1.82) is 0 Å². The summed E-state index contributed by atoms with van der Waals surface area (Å²) in [6.45, 7) is 4.47. The Bertz CT molecular complexity index is 388.